The number of carbonyl (C=O) groups is 1. The zero-order valence-corrected chi connectivity index (χ0v) is 15.1. The Morgan fingerprint density at radius 1 is 1.27 bits per heavy atom. The van der Waals surface area contributed by atoms with Crippen molar-refractivity contribution in [1.29, 1.82) is 0 Å². The Labute approximate surface area is 154 Å². The van der Waals surface area contributed by atoms with Gasteiger partial charge in [-0.3, -0.25) is 9.69 Å². The number of benzene rings is 1. The predicted octanol–water partition coefficient (Wildman–Crippen LogP) is 1.56. The van der Waals surface area contributed by atoms with Crippen molar-refractivity contribution in [2.75, 3.05) is 31.1 Å². The van der Waals surface area contributed by atoms with Gasteiger partial charge in [-0.15, -0.1) is 0 Å². The first kappa shape index (κ1) is 18.4. The topological polar surface area (TPSA) is 82.7 Å². The molecule has 0 unspecified atom stereocenters. The number of amides is 1. The summed E-state index contributed by atoms with van der Waals surface area (Å²) in [5, 5.41) is 9.50. The van der Waals surface area contributed by atoms with E-state index in [9.17, 15) is 9.90 Å². The van der Waals surface area contributed by atoms with Crippen LogP contribution >= 0.6 is 0 Å². The minimum absolute atomic E-state index is 0.133. The number of aliphatic hydroxyl groups is 1. The van der Waals surface area contributed by atoms with Crippen molar-refractivity contribution < 1.29 is 9.90 Å². The first-order chi connectivity index (χ1) is 12.6. The highest BCUT2D eigenvalue weighted by Crippen LogP contribution is 2.23. The van der Waals surface area contributed by atoms with E-state index in [4.69, 9.17) is 5.73 Å². The van der Waals surface area contributed by atoms with Crippen LogP contribution in [0, 0.1) is 6.92 Å². The lowest BCUT2D eigenvalue weighted by Gasteiger charge is -2.42. The van der Waals surface area contributed by atoms with Gasteiger partial charge in [0.15, 0.2) is 0 Å². The number of aliphatic hydroxyl groups excluding tert-OH is 1. The normalized spacial score (nSPS) is 18.1. The Kier molecular flexibility index (Phi) is 5.85. The summed E-state index contributed by atoms with van der Waals surface area (Å²) < 4.78 is 0. The number of hydrogen-bond donors (Lipinski definition) is 2. The third-order valence-electron chi connectivity index (χ3n) is 4.92. The summed E-state index contributed by atoms with van der Waals surface area (Å²) in [5.74, 6) is 0.173. The van der Waals surface area contributed by atoms with E-state index in [0.717, 1.165) is 19.6 Å². The molecule has 1 aliphatic heterocycles. The van der Waals surface area contributed by atoms with Crippen LogP contribution in [0.1, 0.15) is 27.9 Å². The molecule has 0 bridgehead atoms. The fourth-order valence-corrected chi connectivity index (χ4v) is 3.49. The number of rotatable bonds is 6. The number of piperazine rings is 1. The zero-order valence-electron chi connectivity index (χ0n) is 15.1. The molecule has 2 heterocycles. The fourth-order valence-electron chi connectivity index (χ4n) is 3.49. The SMILES string of the molecule is Cc1ccc(CN2CCN(c3ncccc3C(N)=O)C[C@@H]2CCO)cc1. The highest BCUT2D eigenvalue weighted by atomic mass is 16.3. The van der Waals surface area contributed by atoms with Crippen LogP contribution in [-0.4, -0.2) is 53.2 Å². The molecule has 138 valence electrons. The first-order valence-electron chi connectivity index (χ1n) is 8.98. The smallest absolute Gasteiger partial charge is 0.252 e. The molecule has 1 atom stereocenters. The molecule has 0 aliphatic carbocycles. The average Bonchev–Trinajstić information content (AvgIpc) is 2.65. The van der Waals surface area contributed by atoms with Crippen molar-refractivity contribution in [3.8, 4) is 0 Å². The number of hydrogen-bond acceptors (Lipinski definition) is 5. The molecule has 1 saturated heterocycles. The van der Waals surface area contributed by atoms with Crippen LogP contribution in [-0.2, 0) is 6.54 Å². The van der Waals surface area contributed by atoms with Crippen molar-refractivity contribution in [2.45, 2.75) is 25.9 Å². The molecular weight excluding hydrogens is 328 g/mol. The number of anilines is 1. The Balaban J connectivity index is 1.75. The van der Waals surface area contributed by atoms with E-state index in [1.807, 2.05) is 0 Å². The van der Waals surface area contributed by atoms with Crippen LogP contribution in [0.15, 0.2) is 42.6 Å². The van der Waals surface area contributed by atoms with Gasteiger partial charge < -0.3 is 15.7 Å². The van der Waals surface area contributed by atoms with E-state index in [2.05, 4.69) is 46.0 Å². The largest absolute Gasteiger partial charge is 0.396 e. The molecule has 0 spiro atoms. The van der Waals surface area contributed by atoms with Crippen molar-refractivity contribution in [1.82, 2.24) is 9.88 Å². The van der Waals surface area contributed by atoms with Gasteiger partial charge in [0, 0.05) is 45.0 Å². The van der Waals surface area contributed by atoms with E-state index in [0.29, 0.717) is 24.3 Å². The summed E-state index contributed by atoms with van der Waals surface area (Å²) in [7, 11) is 0. The van der Waals surface area contributed by atoms with Gasteiger partial charge in [0.05, 0.1) is 5.56 Å². The molecule has 2 aromatic rings. The van der Waals surface area contributed by atoms with Crippen molar-refractivity contribution in [2.24, 2.45) is 5.73 Å². The molecule has 1 aromatic carbocycles. The minimum Gasteiger partial charge on any atom is -0.396 e. The molecule has 3 rings (SSSR count). The van der Waals surface area contributed by atoms with Crippen LogP contribution in [0.2, 0.25) is 0 Å². The lowest BCUT2D eigenvalue weighted by atomic mass is 10.1. The van der Waals surface area contributed by atoms with Gasteiger partial charge in [-0.1, -0.05) is 29.8 Å². The highest BCUT2D eigenvalue weighted by molar-refractivity contribution is 5.97. The summed E-state index contributed by atoms with van der Waals surface area (Å²) in [5.41, 5.74) is 8.46. The minimum atomic E-state index is -0.464. The summed E-state index contributed by atoms with van der Waals surface area (Å²) in [6.45, 7) is 5.39. The lowest BCUT2D eigenvalue weighted by Crippen LogP contribution is -2.53. The molecule has 6 heteroatoms. The van der Waals surface area contributed by atoms with E-state index in [1.54, 1.807) is 18.3 Å². The Morgan fingerprint density at radius 3 is 2.73 bits per heavy atom. The zero-order chi connectivity index (χ0) is 18.5. The van der Waals surface area contributed by atoms with Crippen LogP contribution in [0.5, 0.6) is 0 Å². The van der Waals surface area contributed by atoms with Gasteiger partial charge >= 0.3 is 0 Å². The Bertz CT molecular complexity index is 748. The monoisotopic (exact) mass is 354 g/mol. The molecule has 26 heavy (non-hydrogen) atoms. The van der Waals surface area contributed by atoms with Gasteiger partial charge in [0.1, 0.15) is 5.82 Å². The maximum atomic E-state index is 11.7. The average molecular weight is 354 g/mol. The van der Waals surface area contributed by atoms with E-state index in [1.165, 1.54) is 11.1 Å². The van der Waals surface area contributed by atoms with Gasteiger partial charge in [-0.2, -0.15) is 0 Å². The first-order valence-corrected chi connectivity index (χ1v) is 8.98. The summed E-state index contributed by atoms with van der Waals surface area (Å²) in [6.07, 6.45) is 2.36. The molecule has 1 aliphatic rings. The number of primary amides is 1. The van der Waals surface area contributed by atoms with Crippen LogP contribution in [0.4, 0.5) is 5.82 Å². The number of nitrogens with two attached hydrogens (primary N) is 1. The molecule has 3 N–H and O–H groups in total. The van der Waals surface area contributed by atoms with Crippen LogP contribution in [0.25, 0.3) is 0 Å². The van der Waals surface area contributed by atoms with Gasteiger partial charge in [0.2, 0.25) is 0 Å². The summed E-state index contributed by atoms with van der Waals surface area (Å²) in [4.78, 5) is 20.6. The number of carbonyl (C=O) groups excluding carboxylic acids is 1. The molecule has 6 nitrogen and oxygen atoms in total. The maximum absolute atomic E-state index is 11.7. The number of aromatic nitrogens is 1. The van der Waals surface area contributed by atoms with Crippen LogP contribution < -0.4 is 10.6 Å². The molecule has 1 aromatic heterocycles. The van der Waals surface area contributed by atoms with Crippen molar-refractivity contribution >= 4 is 11.7 Å². The number of aryl methyl sites for hydroxylation is 1. The van der Waals surface area contributed by atoms with E-state index < -0.39 is 5.91 Å². The third kappa shape index (κ3) is 4.20. The molecule has 1 amide bonds. The summed E-state index contributed by atoms with van der Waals surface area (Å²) >= 11 is 0. The second kappa shape index (κ2) is 8.29. The van der Waals surface area contributed by atoms with Crippen molar-refractivity contribution in [3.63, 3.8) is 0 Å². The van der Waals surface area contributed by atoms with Crippen molar-refractivity contribution in [3.05, 3.63) is 59.3 Å². The second-order valence-corrected chi connectivity index (χ2v) is 6.81. The van der Waals surface area contributed by atoms with Gasteiger partial charge in [-0.05, 0) is 31.0 Å². The van der Waals surface area contributed by atoms with Gasteiger partial charge in [-0.25, -0.2) is 4.98 Å². The van der Waals surface area contributed by atoms with E-state index in [-0.39, 0.29) is 12.6 Å². The standard InChI is InChI=1S/C20H26N4O2/c1-15-4-6-16(7-5-15)13-23-10-11-24(14-17(23)8-12-25)20-18(19(21)26)3-2-9-22-20/h2-7,9,17,25H,8,10-14H2,1H3,(H2,21,26)/t17-/m0/s1. The molecular formula is C20H26N4O2. The maximum Gasteiger partial charge on any atom is 0.252 e. The quantitative estimate of drug-likeness (QED) is 0.823. The highest BCUT2D eigenvalue weighted by Gasteiger charge is 2.29. The number of nitrogens with zero attached hydrogens (tertiary/aromatic N) is 3. The Morgan fingerprint density at radius 2 is 2.04 bits per heavy atom. The molecule has 0 radical (unpaired) electrons. The second-order valence-electron chi connectivity index (χ2n) is 6.81. The molecule has 1 fully saturated rings. The lowest BCUT2D eigenvalue weighted by molar-refractivity contribution is 0.0999. The predicted molar refractivity (Wildman–Crippen MR) is 102 cm³/mol. The fraction of sp³-hybridized carbons (Fsp3) is 0.400. The van der Waals surface area contributed by atoms with E-state index >= 15 is 0 Å². The van der Waals surface area contributed by atoms with Gasteiger partial charge in [0.25, 0.3) is 5.91 Å². The summed E-state index contributed by atoms with van der Waals surface area (Å²) in [6, 6.07) is 12.2. The Hall–Kier alpha value is -2.44. The molecule has 0 saturated carbocycles. The van der Waals surface area contributed by atoms with Crippen LogP contribution in [0.3, 0.4) is 0 Å². The number of pyridine rings is 1. The third-order valence-corrected chi connectivity index (χ3v) is 4.92.